The number of thioether (sulfide) groups is 1. The van der Waals surface area contributed by atoms with Gasteiger partial charge in [-0.05, 0) is 28.4 Å². The Labute approximate surface area is 115 Å². The van der Waals surface area contributed by atoms with Gasteiger partial charge >= 0.3 is 0 Å². The van der Waals surface area contributed by atoms with Gasteiger partial charge in [-0.2, -0.15) is 11.8 Å². The molecular weight excluding hydrogens is 298 g/mol. The third-order valence-corrected chi connectivity index (χ3v) is 4.94. The fourth-order valence-corrected chi connectivity index (χ4v) is 3.63. The number of nitrogens with zero attached hydrogens (tertiary/aromatic N) is 2. The normalized spacial score (nSPS) is 20.1. The molecular formula is C12H18BrN3S. The molecule has 0 atom stereocenters. The van der Waals surface area contributed by atoms with E-state index in [1.54, 1.807) is 6.20 Å². The summed E-state index contributed by atoms with van der Waals surface area (Å²) in [6, 6.07) is 1.92. The van der Waals surface area contributed by atoms with E-state index in [0.29, 0.717) is 10.4 Å². The molecule has 0 saturated carbocycles. The molecule has 0 radical (unpaired) electrons. The Morgan fingerprint density at radius 1 is 1.47 bits per heavy atom. The average molecular weight is 316 g/mol. The van der Waals surface area contributed by atoms with Gasteiger partial charge in [0.25, 0.3) is 0 Å². The minimum Gasteiger partial charge on any atom is -0.397 e. The zero-order valence-corrected chi connectivity index (χ0v) is 12.6. The number of hydrogen-bond donors (Lipinski definition) is 1. The molecule has 1 aliphatic rings. The number of rotatable bonds is 1. The number of nitrogen functional groups attached to an aromatic ring is 1. The molecule has 0 aliphatic carbocycles. The van der Waals surface area contributed by atoms with Crippen LogP contribution in [0.5, 0.6) is 0 Å². The fourth-order valence-electron chi connectivity index (χ4n) is 1.91. The molecule has 0 spiro atoms. The maximum Gasteiger partial charge on any atom is 0.143 e. The van der Waals surface area contributed by atoms with Gasteiger partial charge < -0.3 is 10.6 Å². The number of aromatic nitrogens is 1. The zero-order chi connectivity index (χ0) is 12.5. The Kier molecular flexibility index (Phi) is 3.88. The maximum absolute atomic E-state index is 5.72. The van der Waals surface area contributed by atoms with E-state index >= 15 is 0 Å². The van der Waals surface area contributed by atoms with Crippen molar-refractivity contribution >= 4 is 39.2 Å². The quantitative estimate of drug-likeness (QED) is 0.864. The highest BCUT2D eigenvalue weighted by Crippen LogP contribution is 2.33. The molecule has 1 aliphatic heterocycles. The molecule has 0 aromatic carbocycles. The number of hydrogen-bond acceptors (Lipinski definition) is 4. The molecule has 1 aromatic rings. The standard InChI is InChI=1S/C12H18BrN3S/c1-12(2)3-4-16(5-6-17-12)11-10(13)7-9(14)8-15-11/h7-8H,3-6,14H2,1-2H3. The number of pyridine rings is 1. The second kappa shape index (κ2) is 5.06. The number of halogens is 1. The third kappa shape index (κ3) is 3.28. The number of nitrogens with two attached hydrogens (primary N) is 1. The molecule has 2 heterocycles. The average Bonchev–Trinajstić information content (AvgIpc) is 2.40. The molecule has 1 saturated heterocycles. The molecule has 2 rings (SSSR count). The van der Waals surface area contributed by atoms with Gasteiger partial charge in [-0.3, -0.25) is 0 Å². The molecule has 0 bridgehead atoms. The van der Waals surface area contributed by atoms with Gasteiger partial charge in [-0.25, -0.2) is 4.98 Å². The lowest BCUT2D eigenvalue weighted by molar-refractivity contribution is 0.634. The van der Waals surface area contributed by atoms with Crippen molar-refractivity contribution in [1.29, 1.82) is 0 Å². The van der Waals surface area contributed by atoms with Crippen LogP contribution in [0.3, 0.4) is 0 Å². The Morgan fingerprint density at radius 2 is 2.24 bits per heavy atom. The van der Waals surface area contributed by atoms with Crippen LogP contribution in [0.25, 0.3) is 0 Å². The van der Waals surface area contributed by atoms with Crippen molar-refractivity contribution in [3.05, 3.63) is 16.7 Å². The topological polar surface area (TPSA) is 42.2 Å². The predicted octanol–water partition coefficient (Wildman–Crippen LogP) is 3.15. The zero-order valence-electron chi connectivity index (χ0n) is 10.2. The van der Waals surface area contributed by atoms with Crippen molar-refractivity contribution in [3.8, 4) is 0 Å². The highest BCUT2D eigenvalue weighted by molar-refractivity contribution is 9.10. The van der Waals surface area contributed by atoms with E-state index in [9.17, 15) is 0 Å². The van der Waals surface area contributed by atoms with E-state index in [4.69, 9.17) is 5.73 Å². The van der Waals surface area contributed by atoms with E-state index in [-0.39, 0.29) is 0 Å². The highest BCUT2D eigenvalue weighted by Gasteiger charge is 2.24. The van der Waals surface area contributed by atoms with E-state index in [1.165, 1.54) is 6.42 Å². The molecule has 0 unspecified atom stereocenters. The maximum atomic E-state index is 5.72. The Hall–Kier alpha value is -0.420. The predicted molar refractivity (Wildman–Crippen MR) is 79.7 cm³/mol. The molecule has 5 heteroatoms. The van der Waals surface area contributed by atoms with Crippen LogP contribution < -0.4 is 10.6 Å². The largest absolute Gasteiger partial charge is 0.397 e. The first-order valence-electron chi connectivity index (χ1n) is 5.78. The molecule has 1 aromatic heterocycles. The lowest BCUT2D eigenvalue weighted by atomic mass is 10.1. The summed E-state index contributed by atoms with van der Waals surface area (Å²) in [5.41, 5.74) is 6.42. The minimum absolute atomic E-state index is 0.370. The molecule has 17 heavy (non-hydrogen) atoms. The minimum atomic E-state index is 0.370. The van der Waals surface area contributed by atoms with Crippen LogP contribution in [0.15, 0.2) is 16.7 Å². The van der Waals surface area contributed by atoms with E-state index in [0.717, 1.165) is 29.1 Å². The smallest absolute Gasteiger partial charge is 0.143 e. The SMILES string of the molecule is CC1(C)CCN(c2ncc(N)cc2Br)CCS1. The van der Waals surface area contributed by atoms with Gasteiger partial charge in [0, 0.05) is 23.6 Å². The molecule has 3 nitrogen and oxygen atoms in total. The van der Waals surface area contributed by atoms with Gasteiger partial charge in [0.05, 0.1) is 16.4 Å². The van der Waals surface area contributed by atoms with Gasteiger partial charge in [-0.15, -0.1) is 0 Å². The first kappa shape index (κ1) is 13.0. The van der Waals surface area contributed by atoms with Gasteiger partial charge in [0.15, 0.2) is 0 Å². The number of anilines is 2. The first-order valence-corrected chi connectivity index (χ1v) is 7.56. The monoisotopic (exact) mass is 315 g/mol. The van der Waals surface area contributed by atoms with Gasteiger partial charge in [0.2, 0.25) is 0 Å². The lowest BCUT2D eigenvalue weighted by Gasteiger charge is -2.24. The van der Waals surface area contributed by atoms with Crippen molar-refractivity contribution in [2.24, 2.45) is 0 Å². The summed E-state index contributed by atoms with van der Waals surface area (Å²) in [5.74, 6) is 2.16. The second-order valence-corrected chi connectivity index (χ2v) is 7.58. The van der Waals surface area contributed by atoms with Crippen LogP contribution in [0.4, 0.5) is 11.5 Å². The lowest BCUT2D eigenvalue weighted by Crippen LogP contribution is -2.28. The van der Waals surface area contributed by atoms with E-state index < -0.39 is 0 Å². The molecule has 94 valence electrons. The van der Waals surface area contributed by atoms with E-state index in [1.807, 2.05) is 17.8 Å². The summed E-state index contributed by atoms with van der Waals surface area (Å²) in [7, 11) is 0. The Balaban J connectivity index is 2.17. The van der Waals surface area contributed by atoms with Crippen molar-refractivity contribution in [3.63, 3.8) is 0 Å². The summed E-state index contributed by atoms with van der Waals surface area (Å²) in [5, 5.41) is 0. The summed E-state index contributed by atoms with van der Waals surface area (Å²) in [6.07, 6.45) is 2.90. The van der Waals surface area contributed by atoms with Gasteiger partial charge in [0.1, 0.15) is 5.82 Å². The highest BCUT2D eigenvalue weighted by atomic mass is 79.9. The van der Waals surface area contributed by atoms with Crippen LogP contribution in [0.2, 0.25) is 0 Å². The van der Waals surface area contributed by atoms with Crippen LogP contribution in [0, 0.1) is 0 Å². The third-order valence-electron chi connectivity index (χ3n) is 2.98. The van der Waals surface area contributed by atoms with Crippen molar-refractivity contribution in [2.45, 2.75) is 25.0 Å². The van der Waals surface area contributed by atoms with E-state index in [2.05, 4.69) is 39.7 Å². The van der Waals surface area contributed by atoms with Crippen LogP contribution >= 0.6 is 27.7 Å². The summed E-state index contributed by atoms with van der Waals surface area (Å²) < 4.78 is 1.36. The molecule has 2 N–H and O–H groups in total. The van der Waals surface area contributed by atoms with Crippen molar-refractivity contribution in [1.82, 2.24) is 4.98 Å². The Morgan fingerprint density at radius 3 is 2.94 bits per heavy atom. The van der Waals surface area contributed by atoms with Crippen molar-refractivity contribution < 1.29 is 0 Å². The first-order chi connectivity index (χ1) is 7.98. The molecule has 1 fully saturated rings. The van der Waals surface area contributed by atoms with Crippen LogP contribution in [-0.4, -0.2) is 28.6 Å². The molecule has 0 amide bonds. The summed E-state index contributed by atoms with van der Waals surface area (Å²) in [4.78, 5) is 6.77. The van der Waals surface area contributed by atoms with Crippen molar-refractivity contribution in [2.75, 3.05) is 29.5 Å². The van der Waals surface area contributed by atoms with Gasteiger partial charge in [-0.1, -0.05) is 13.8 Å². The second-order valence-electron chi connectivity index (χ2n) is 4.92. The van der Waals surface area contributed by atoms with Crippen LogP contribution in [-0.2, 0) is 0 Å². The summed E-state index contributed by atoms with van der Waals surface area (Å²) >= 11 is 5.58. The Bertz CT molecular complexity index is 409. The van der Waals surface area contributed by atoms with Crippen LogP contribution in [0.1, 0.15) is 20.3 Å². The fraction of sp³-hybridized carbons (Fsp3) is 0.583. The summed E-state index contributed by atoms with van der Waals surface area (Å²) in [6.45, 7) is 6.72.